The number of hydrogen-bond donors (Lipinski definition) is 2. The Morgan fingerprint density at radius 1 is 0.975 bits per heavy atom. The lowest BCUT2D eigenvalue weighted by Gasteiger charge is -2.26. The zero-order valence-electron chi connectivity index (χ0n) is 22.0. The van der Waals surface area contributed by atoms with E-state index < -0.39 is 15.9 Å². The van der Waals surface area contributed by atoms with Gasteiger partial charge < -0.3 is 14.6 Å². The summed E-state index contributed by atoms with van der Waals surface area (Å²) in [5.41, 5.74) is 4.11. The van der Waals surface area contributed by atoms with E-state index in [0.29, 0.717) is 23.7 Å². The third kappa shape index (κ3) is 6.59. The maximum absolute atomic E-state index is 13.9. The highest BCUT2D eigenvalue weighted by molar-refractivity contribution is 7.92. The van der Waals surface area contributed by atoms with Gasteiger partial charge in [0.1, 0.15) is 5.75 Å². The van der Waals surface area contributed by atoms with Crippen molar-refractivity contribution >= 4 is 27.8 Å². The average molecular weight is 560 g/mol. The second kappa shape index (κ2) is 12.8. The minimum Gasteiger partial charge on any atom is -0.504 e. The number of para-hydroxylation sites is 1. The summed E-state index contributed by atoms with van der Waals surface area (Å²) in [7, 11) is -2.59. The molecule has 0 unspecified atom stereocenters. The summed E-state index contributed by atoms with van der Waals surface area (Å²) < 4.78 is 39.6. The van der Waals surface area contributed by atoms with Crippen LogP contribution in [0.2, 0.25) is 0 Å². The Kier molecular flexibility index (Phi) is 9.03. The first-order valence-electron chi connectivity index (χ1n) is 12.4. The van der Waals surface area contributed by atoms with Crippen molar-refractivity contribution in [1.29, 1.82) is 0 Å². The molecule has 206 valence electrons. The first-order chi connectivity index (χ1) is 19.3. The van der Waals surface area contributed by atoms with Crippen LogP contribution in [0.3, 0.4) is 0 Å². The Labute approximate surface area is 233 Å². The molecular weight excluding hydrogens is 530 g/mol. The van der Waals surface area contributed by atoms with Crippen molar-refractivity contribution in [2.45, 2.75) is 18.4 Å². The SMILES string of the molecule is CCOc1cc(/C=N\NC(=O)c2ccccc2N(Cc2ccccc2)S(=O)(=O)c2ccc(OC)cc2)ccc1O. The standard InChI is InChI=1S/C30H29N3O6S/c1-3-39-29-19-23(13-18-28(29)34)20-31-32-30(35)26-11-7-8-12-27(26)33(21-22-9-5-4-6-10-22)40(36,37)25-16-14-24(38-2)15-17-25/h4-20,34H,3,21H2,1-2H3,(H,32,35)/b31-20-. The summed E-state index contributed by atoms with van der Waals surface area (Å²) in [6, 6.07) is 26.3. The molecule has 1 amide bonds. The Morgan fingerprint density at radius 2 is 1.68 bits per heavy atom. The maximum atomic E-state index is 13.9. The zero-order valence-corrected chi connectivity index (χ0v) is 22.8. The van der Waals surface area contributed by atoms with Gasteiger partial charge in [-0.05, 0) is 72.6 Å². The number of hydrogen-bond acceptors (Lipinski definition) is 7. The van der Waals surface area contributed by atoms with Gasteiger partial charge in [0.2, 0.25) is 0 Å². The summed E-state index contributed by atoms with van der Waals surface area (Å²) in [4.78, 5) is 13.3. The van der Waals surface area contributed by atoms with Crippen molar-refractivity contribution in [3.05, 3.63) is 114 Å². The Bertz CT molecular complexity index is 1590. The fraction of sp³-hybridized carbons (Fsp3) is 0.133. The number of amides is 1. The summed E-state index contributed by atoms with van der Waals surface area (Å²) >= 11 is 0. The second-order valence-corrected chi connectivity index (χ2v) is 10.4. The molecule has 0 aromatic heterocycles. The van der Waals surface area contributed by atoms with Gasteiger partial charge in [-0.15, -0.1) is 0 Å². The molecule has 0 saturated heterocycles. The number of aromatic hydroxyl groups is 1. The van der Waals surface area contributed by atoms with Crippen LogP contribution in [-0.2, 0) is 16.6 Å². The van der Waals surface area contributed by atoms with Crippen molar-refractivity contribution in [2.75, 3.05) is 18.0 Å². The molecule has 0 radical (unpaired) electrons. The molecule has 40 heavy (non-hydrogen) atoms. The Hall–Kier alpha value is -4.83. The van der Waals surface area contributed by atoms with E-state index in [9.17, 15) is 18.3 Å². The van der Waals surface area contributed by atoms with Gasteiger partial charge in [-0.2, -0.15) is 5.10 Å². The van der Waals surface area contributed by atoms with Crippen LogP contribution < -0.4 is 19.2 Å². The quantitative estimate of drug-likeness (QED) is 0.198. The first kappa shape index (κ1) is 28.2. The number of benzene rings is 4. The van der Waals surface area contributed by atoms with E-state index in [2.05, 4.69) is 10.5 Å². The molecule has 0 fully saturated rings. The predicted octanol–water partition coefficient (Wildman–Crippen LogP) is 4.96. The van der Waals surface area contributed by atoms with Crippen molar-refractivity contribution in [2.24, 2.45) is 5.10 Å². The van der Waals surface area contributed by atoms with Gasteiger partial charge in [0.15, 0.2) is 11.5 Å². The van der Waals surface area contributed by atoms with E-state index in [0.717, 1.165) is 5.56 Å². The van der Waals surface area contributed by atoms with Crippen LogP contribution in [0, 0.1) is 0 Å². The molecule has 0 spiro atoms. The van der Waals surface area contributed by atoms with Gasteiger partial charge in [-0.3, -0.25) is 9.10 Å². The first-order valence-corrected chi connectivity index (χ1v) is 13.9. The Balaban J connectivity index is 1.67. The molecule has 2 N–H and O–H groups in total. The van der Waals surface area contributed by atoms with Crippen LogP contribution >= 0.6 is 0 Å². The fourth-order valence-electron chi connectivity index (χ4n) is 3.91. The monoisotopic (exact) mass is 559 g/mol. The van der Waals surface area contributed by atoms with Gasteiger partial charge >= 0.3 is 0 Å². The number of phenolic OH excluding ortho intramolecular Hbond substituents is 1. The highest BCUT2D eigenvalue weighted by Crippen LogP contribution is 2.30. The van der Waals surface area contributed by atoms with Crippen LogP contribution in [0.5, 0.6) is 17.2 Å². The topological polar surface area (TPSA) is 118 Å². The summed E-state index contributed by atoms with van der Waals surface area (Å²) in [6.45, 7) is 2.17. The molecule has 0 aliphatic heterocycles. The molecule has 0 saturated carbocycles. The van der Waals surface area contributed by atoms with Gasteiger partial charge in [-0.25, -0.2) is 13.8 Å². The fourth-order valence-corrected chi connectivity index (χ4v) is 5.39. The number of anilines is 1. The lowest BCUT2D eigenvalue weighted by molar-refractivity contribution is 0.0955. The van der Waals surface area contributed by atoms with Crippen molar-refractivity contribution in [3.63, 3.8) is 0 Å². The van der Waals surface area contributed by atoms with E-state index in [1.165, 1.54) is 41.9 Å². The number of carbonyl (C=O) groups is 1. The summed E-state index contributed by atoms with van der Waals surface area (Å²) in [5.74, 6) is 0.212. The molecular formula is C30H29N3O6S. The Morgan fingerprint density at radius 3 is 2.38 bits per heavy atom. The van der Waals surface area contributed by atoms with Crippen molar-refractivity contribution in [3.8, 4) is 17.2 Å². The highest BCUT2D eigenvalue weighted by atomic mass is 32.2. The molecule has 4 aromatic carbocycles. The smallest absolute Gasteiger partial charge is 0.273 e. The highest BCUT2D eigenvalue weighted by Gasteiger charge is 2.28. The number of ether oxygens (including phenoxy) is 2. The number of hydrazone groups is 1. The maximum Gasteiger partial charge on any atom is 0.273 e. The van der Waals surface area contributed by atoms with E-state index in [1.807, 2.05) is 30.3 Å². The largest absolute Gasteiger partial charge is 0.504 e. The average Bonchev–Trinajstić information content (AvgIpc) is 2.98. The van der Waals surface area contributed by atoms with E-state index in [1.54, 1.807) is 49.4 Å². The van der Waals surface area contributed by atoms with E-state index in [4.69, 9.17) is 9.47 Å². The molecule has 0 atom stereocenters. The van der Waals surface area contributed by atoms with Gasteiger partial charge in [0, 0.05) is 0 Å². The number of methoxy groups -OCH3 is 1. The van der Waals surface area contributed by atoms with Gasteiger partial charge in [0.05, 0.1) is 42.6 Å². The summed E-state index contributed by atoms with van der Waals surface area (Å²) in [5, 5.41) is 13.9. The number of rotatable bonds is 11. The van der Waals surface area contributed by atoms with Crippen LogP contribution in [-0.4, -0.2) is 39.4 Å². The zero-order chi connectivity index (χ0) is 28.5. The molecule has 10 heteroatoms. The molecule has 4 rings (SSSR count). The number of carbonyl (C=O) groups excluding carboxylic acids is 1. The molecule has 0 aliphatic carbocycles. The third-order valence-electron chi connectivity index (χ3n) is 5.90. The number of sulfonamides is 1. The van der Waals surface area contributed by atoms with Crippen molar-refractivity contribution in [1.82, 2.24) is 5.43 Å². The van der Waals surface area contributed by atoms with E-state index in [-0.39, 0.29) is 28.4 Å². The summed E-state index contributed by atoms with van der Waals surface area (Å²) in [6.07, 6.45) is 1.40. The lowest BCUT2D eigenvalue weighted by Crippen LogP contribution is -2.33. The second-order valence-electron chi connectivity index (χ2n) is 8.55. The van der Waals surface area contributed by atoms with Gasteiger partial charge in [-0.1, -0.05) is 42.5 Å². The lowest BCUT2D eigenvalue weighted by atomic mass is 10.1. The van der Waals surface area contributed by atoms with Crippen LogP contribution in [0.25, 0.3) is 0 Å². The van der Waals surface area contributed by atoms with E-state index >= 15 is 0 Å². The molecule has 9 nitrogen and oxygen atoms in total. The van der Waals surface area contributed by atoms with Crippen LogP contribution in [0.15, 0.2) is 107 Å². The van der Waals surface area contributed by atoms with Gasteiger partial charge in [0.25, 0.3) is 15.9 Å². The third-order valence-corrected chi connectivity index (χ3v) is 7.67. The van der Waals surface area contributed by atoms with Crippen LogP contribution in [0.1, 0.15) is 28.4 Å². The molecule has 0 aliphatic rings. The minimum absolute atomic E-state index is 0.00349. The number of phenols is 1. The van der Waals surface area contributed by atoms with Crippen molar-refractivity contribution < 1.29 is 27.8 Å². The molecule has 4 aromatic rings. The predicted molar refractivity (Wildman–Crippen MR) is 154 cm³/mol. The van der Waals surface area contributed by atoms with Crippen LogP contribution in [0.4, 0.5) is 5.69 Å². The number of nitrogens with one attached hydrogen (secondary N) is 1. The molecule has 0 bridgehead atoms. The number of nitrogens with zero attached hydrogens (tertiary/aromatic N) is 2. The normalized spacial score (nSPS) is 11.2. The molecule has 0 heterocycles. The minimum atomic E-state index is -4.09.